The fraction of sp³-hybridized carbons (Fsp3) is 0. The molecule has 4 heteroatoms. The summed E-state index contributed by atoms with van der Waals surface area (Å²) in [6, 6.07) is 7.08. The van der Waals surface area contributed by atoms with Crippen LogP contribution in [-0.2, 0) is 0 Å². The van der Waals surface area contributed by atoms with Crippen molar-refractivity contribution in [2.75, 3.05) is 0 Å². The third kappa shape index (κ3) is 1.66. The number of hydrogen-bond donors (Lipinski definition) is 0. The molecule has 66 valence electrons. The van der Waals surface area contributed by atoms with Gasteiger partial charge in [-0.2, -0.15) is 0 Å². The largest absolute Gasteiger partial charge is 0.290 e. The van der Waals surface area contributed by atoms with Crippen LogP contribution in [0, 0.1) is 0 Å². The molecule has 0 aliphatic heterocycles. The average molecular weight is 212 g/mol. The SMILES string of the molecule is O=C(c1ccc(Cl)s1)n1cccc1. The molecule has 0 atom stereocenters. The lowest BCUT2D eigenvalue weighted by Crippen LogP contribution is -2.06. The van der Waals surface area contributed by atoms with Gasteiger partial charge in [-0.15, -0.1) is 11.3 Å². The number of hydrogen-bond acceptors (Lipinski definition) is 2. The van der Waals surface area contributed by atoms with Gasteiger partial charge in [-0.3, -0.25) is 9.36 Å². The van der Waals surface area contributed by atoms with E-state index >= 15 is 0 Å². The summed E-state index contributed by atoms with van der Waals surface area (Å²) in [4.78, 5) is 12.3. The molecule has 0 unspecified atom stereocenters. The molecule has 2 aromatic rings. The molecule has 0 spiro atoms. The Labute approximate surface area is 84.4 Å². The Morgan fingerprint density at radius 3 is 2.54 bits per heavy atom. The van der Waals surface area contributed by atoms with E-state index in [0.717, 1.165) is 0 Å². The van der Waals surface area contributed by atoms with Gasteiger partial charge in [-0.25, -0.2) is 0 Å². The average Bonchev–Trinajstić information content (AvgIpc) is 2.72. The highest BCUT2D eigenvalue weighted by atomic mass is 35.5. The van der Waals surface area contributed by atoms with E-state index in [0.29, 0.717) is 9.21 Å². The summed E-state index contributed by atoms with van der Waals surface area (Å²) in [5.41, 5.74) is 0. The van der Waals surface area contributed by atoms with Crippen molar-refractivity contribution in [3.63, 3.8) is 0 Å². The van der Waals surface area contributed by atoms with Crippen molar-refractivity contribution >= 4 is 28.8 Å². The van der Waals surface area contributed by atoms with E-state index in [4.69, 9.17) is 11.6 Å². The molecule has 0 amide bonds. The normalized spacial score (nSPS) is 10.2. The molecule has 0 bridgehead atoms. The van der Waals surface area contributed by atoms with Crippen LogP contribution in [0.5, 0.6) is 0 Å². The summed E-state index contributed by atoms with van der Waals surface area (Å²) in [6.45, 7) is 0. The third-order valence-electron chi connectivity index (χ3n) is 1.62. The predicted octanol–water partition coefficient (Wildman–Crippen LogP) is 2.89. The molecule has 0 radical (unpaired) electrons. The van der Waals surface area contributed by atoms with Crippen molar-refractivity contribution in [3.8, 4) is 0 Å². The fourth-order valence-electron chi connectivity index (χ4n) is 1.03. The number of nitrogens with zero attached hydrogens (tertiary/aromatic N) is 1. The summed E-state index contributed by atoms with van der Waals surface area (Å²) >= 11 is 7.01. The maximum atomic E-state index is 11.6. The minimum absolute atomic E-state index is 0.0399. The molecule has 2 heterocycles. The van der Waals surface area contributed by atoms with Crippen molar-refractivity contribution in [2.45, 2.75) is 0 Å². The summed E-state index contributed by atoms with van der Waals surface area (Å²) in [5, 5.41) is 0. The van der Waals surface area contributed by atoms with Gasteiger partial charge in [0.25, 0.3) is 5.91 Å². The maximum Gasteiger partial charge on any atom is 0.271 e. The Bertz CT molecular complexity index is 419. The number of aromatic nitrogens is 1. The lowest BCUT2D eigenvalue weighted by atomic mass is 10.4. The van der Waals surface area contributed by atoms with E-state index in [2.05, 4.69) is 0 Å². The Morgan fingerprint density at radius 1 is 1.31 bits per heavy atom. The first kappa shape index (κ1) is 8.53. The summed E-state index contributed by atoms with van der Waals surface area (Å²) < 4.78 is 2.16. The number of thiophene rings is 1. The Morgan fingerprint density at radius 2 is 2.00 bits per heavy atom. The quantitative estimate of drug-likeness (QED) is 0.711. The monoisotopic (exact) mass is 211 g/mol. The van der Waals surface area contributed by atoms with Gasteiger partial charge in [0, 0.05) is 12.4 Å². The van der Waals surface area contributed by atoms with Crippen LogP contribution in [0.15, 0.2) is 36.7 Å². The van der Waals surface area contributed by atoms with E-state index in [1.165, 1.54) is 15.9 Å². The second-order valence-corrected chi connectivity index (χ2v) is 4.21. The molecular weight excluding hydrogens is 206 g/mol. The second-order valence-electron chi connectivity index (χ2n) is 2.50. The molecule has 0 fully saturated rings. The number of carbonyl (C=O) groups excluding carboxylic acids is 1. The van der Waals surface area contributed by atoms with Gasteiger partial charge in [0.05, 0.1) is 9.21 Å². The first-order valence-electron chi connectivity index (χ1n) is 3.70. The number of carbonyl (C=O) groups is 1. The zero-order valence-corrected chi connectivity index (χ0v) is 8.18. The van der Waals surface area contributed by atoms with Crippen LogP contribution >= 0.6 is 22.9 Å². The van der Waals surface area contributed by atoms with Crippen LogP contribution in [0.1, 0.15) is 9.67 Å². The number of halogens is 1. The molecule has 2 rings (SSSR count). The lowest BCUT2D eigenvalue weighted by molar-refractivity contribution is 0.0964. The van der Waals surface area contributed by atoms with E-state index < -0.39 is 0 Å². The molecule has 0 aliphatic carbocycles. The molecule has 2 nitrogen and oxygen atoms in total. The maximum absolute atomic E-state index is 11.6. The first-order valence-corrected chi connectivity index (χ1v) is 4.90. The van der Waals surface area contributed by atoms with Gasteiger partial charge in [0.15, 0.2) is 0 Å². The first-order chi connectivity index (χ1) is 6.27. The summed E-state index contributed by atoms with van der Waals surface area (Å²) in [5.74, 6) is -0.0399. The minimum atomic E-state index is -0.0399. The van der Waals surface area contributed by atoms with E-state index in [9.17, 15) is 4.79 Å². The zero-order chi connectivity index (χ0) is 9.26. The highest BCUT2D eigenvalue weighted by molar-refractivity contribution is 7.18. The predicted molar refractivity (Wildman–Crippen MR) is 53.5 cm³/mol. The van der Waals surface area contributed by atoms with Crippen molar-refractivity contribution < 1.29 is 4.79 Å². The van der Waals surface area contributed by atoms with E-state index in [1.807, 2.05) is 12.1 Å². The summed E-state index contributed by atoms with van der Waals surface area (Å²) in [6.07, 6.45) is 3.44. The smallest absolute Gasteiger partial charge is 0.271 e. The van der Waals surface area contributed by atoms with Crippen LogP contribution in [-0.4, -0.2) is 10.5 Å². The van der Waals surface area contributed by atoms with E-state index in [-0.39, 0.29) is 5.91 Å². The molecule has 2 aromatic heterocycles. The van der Waals surface area contributed by atoms with Gasteiger partial charge in [-0.1, -0.05) is 11.6 Å². The zero-order valence-electron chi connectivity index (χ0n) is 6.61. The fourth-order valence-corrected chi connectivity index (χ4v) is 2.01. The summed E-state index contributed by atoms with van der Waals surface area (Å²) in [7, 11) is 0. The van der Waals surface area contributed by atoms with Crippen LogP contribution in [0.25, 0.3) is 0 Å². The Hall–Kier alpha value is -1.06. The lowest BCUT2D eigenvalue weighted by Gasteiger charge is -1.96. The van der Waals surface area contributed by atoms with Gasteiger partial charge in [0.1, 0.15) is 0 Å². The van der Waals surface area contributed by atoms with Gasteiger partial charge in [0.2, 0.25) is 0 Å². The molecule has 0 N–H and O–H groups in total. The molecular formula is C9H6ClNOS. The molecule has 0 aliphatic rings. The van der Waals surface area contributed by atoms with Crippen molar-refractivity contribution in [1.29, 1.82) is 0 Å². The van der Waals surface area contributed by atoms with Gasteiger partial charge >= 0.3 is 0 Å². The molecule has 0 saturated carbocycles. The Kier molecular flexibility index (Phi) is 2.20. The third-order valence-corrected chi connectivity index (χ3v) is 2.84. The van der Waals surface area contributed by atoms with E-state index in [1.54, 1.807) is 24.5 Å². The Balaban J connectivity index is 2.33. The standard InChI is InChI=1S/C9H6ClNOS/c10-8-4-3-7(13-8)9(12)11-5-1-2-6-11/h1-6H. The minimum Gasteiger partial charge on any atom is -0.290 e. The van der Waals surface area contributed by atoms with Crippen LogP contribution in [0.4, 0.5) is 0 Å². The second kappa shape index (κ2) is 3.36. The molecule has 0 saturated heterocycles. The van der Waals surface area contributed by atoms with Gasteiger partial charge < -0.3 is 0 Å². The topological polar surface area (TPSA) is 22.0 Å². The molecule has 0 aromatic carbocycles. The number of rotatable bonds is 1. The molecule has 13 heavy (non-hydrogen) atoms. The van der Waals surface area contributed by atoms with Crippen LogP contribution in [0.2, 0.25) is 4.34 Å². The highest BCUT2D eigenvalue weighted by Gasteiger charge is 2.09. The van der Waals surface area contributed by atoms with Crippen LogP contribution in [0.3, 0.4) is 0 Å². The van der Waals surface area contributed by atoms with Crippen LogP contribution < -0.4 is 0 Å². The van der Waals surface area contributed by atoms with Crippen molar-refractivity contribution in [2.24, 2.45) is 0 Å². The highest BCUT2D eigenvalue weighted by Crippen LogP contribution is 2.22. The van der Waals surface area contributed by atoms with Crippen molar-refractivity contribution in [3.05, 3.63) is 45.9 Å². The van der Waals surface area contributed by atoms with Gasteiger partial charge in [-0.05, 0) is 24.3 Å². The van der Waals surface area contributed by atoms with Crippen molar-refractivity contribution in [1.82, 2.24) is 4.57 Å².